The van der Waals surface area contributed by atoms with Crippen LogP contribution in [0.3, 0.4) is 0 Å². The Hall–Kier alpha value is -1.53. The summed E-state index contributed by atoms with van der Waals surface area (Å²) in [5.41, 5.74) is 1.04. The van der Waals surface area contributed by atoms with Crippen molar-refractivity contribution >= 4 is 29.3 Å². The van der Waals surface area contributed by atoms with Crippen molar-refractivity contribution in [1.29, 1.82) is 0 Å². The maximum absolute atomic E-state index is 11.9. The highest BCUT2D eigenvalue weighted by atomic mass is 35.5. The molecule has 1 amide bonds. The number of aryl methyl sites for hydroxylation is 1. The second kappa shape index (κ2) is 7.47. The van der Waals surface area contributed by atoms with Gasteiger partial charge in [0.05, 0.1) is 11.8 Å². The fourth-order valence-electron chi connectivity index (χ4n) is 1.90. The average Bonchev–Trinajstić information content (AvgIpc) is 2.87. The van der Waals surface area contributed by atoms with E-state index in [2.05, 4.69) is 15.5 Å². The van der Waals surface area contributed by atoms with Crippen LogP contribution < -0.4 is 5.32 Å². The number of hydrogen-bond acceptors (Lipinski definition) is 4. The quantitative estimate of drug-likeness (QED) is 0.887. The van der Waals surface area contributed by atoms with Crippen LogP contribution in [0.15, 0.2) is 30.6 Å². The predicted octanol–water partition coefficient (Wildman–Crippen LogP) is 2.58. The molecule has 0 saturated heterocycles. The summed E-state index contributed by atoms with van der Waals surface area (Å²) >= 11 is 7.61. The molecule has 21 heavy (non-hydrogen) atoms. The molecule has 1 aromatic carbocycles. The summed E-state index contributed by atoms with van der Waals surface area (Å²) < 4.78 is 1.79. The number of amides is 1. The second-order valence-electron chi connectivity index (χ2n) is 4.67. The Balaban J connectivity index is 1.78. The van der Waals surface area contributed by atoms with E-state index in [0.717, 1.165) is 16.4 Å². The first kappa shape index (κ1) is 15.9. The van der Waals surface area contributed by atoms with Gasteiger partial charge in [-0.25, -0.2) is 0 Å². The number of nitrogens with zero attached hydrogens (tertiary/aromatic N) is 3. The molecule has 7 heteroatoms. The summed E-state index contributed by atoms with van der Waals surface area (Å²) in [7, 11) is 1.85. The van der Waals surface area contributed by atoms with Crippen LogP contribution in [0.1, 0.15) is 24.4 Å². The van der Waals surface area contributed by atoms with Crippen molar-refractivity contribution in [3.63, 3.8) is 0 Å². The fraction of sp³-hybridized carbons (Fsp3) is 0.357. The molecule has 0 saturated carbocycles. The number of aromatic nitrogens is 3. The van der Waals surface area contributed by atoms with Gasteiger partial charge in [-0.15, -0.1) is 22.0 Å². The molecule has 1 N–H and O–H groups in total. The van der Waals surface area contributed by atoms with Crippen LogP contribution in [0.5, 0.6) is 0 Å². The molecule has 0 bridgehead atoms. The summed E-state index contributed by atoms with van der Waals surface area (Å²) in [4.78, 5) is 11.9. The Bertz CT molecular complexity index is 617. The number of benzene rings is 1. The van der Waals surface area contributed by atoms with E-state index < -0.39 is 0 Å². The zero-order valence-corrected chi connectivity index (χ0v) is 13.5. The predicted molar refractivity (Wildman–Crippen MR) is 85.2 cm³/mol. The smallest absolute Gasteiger partial charge is 0.230 e. The minimum atomic E-state index is -0.161. The van der Waals surface area contributed by atoms with Crippen molar-refractivity contribution in [3.05, 3.63) is 47.0 Å². The van der Waals surface area contributed by atoms with E-state index in [1.165, 1.54) is 11.8 Å². The van der Waals surface area contributed by atoms with Crippen LogP contribution in [-0.4, -0.2) is 26.4 Å². The van der Waals surface area contributed by atoms with E-state index in [-0.39, 0.29) is 11.9 Å². The Morgan fingerprint density at radius 2 is 2.24 bits per heavy atom. The molecule has 0 aliphatic heterocycles. The first-order valence-electron chi connectivity index (χ1n) is 6.52. The molecule has 1 heterocycles. The van der Waals surface area contributed by atoms with Crippen LogP contribution in [0.4, 0.5) is 0 Å². The van der Waals surface area contributed by atoms with Crippen LogP contribution in [0.25, 0.3) is 0 Å². The third-order valence-corrected chi connectivity index (χ3v) is 4.31. The Morgan fingerprint density at radius 3 is 2.90 bits per heavy atom. The zero-order chi connectivity index (χ0) is 15.2. The Labute approximate surface area is 133 Å². The van der Waals surface area contributed by atoms with Crippen LogP contribution in [0.2, 0.25) is 5.02 Å². The topological polar surface area (TPSA) is 59.8 Å². The molecule has 2 aromatic rings. The van der Waals surface area contributed by atoms with Crippen molar-refractivity contribution in [2.75, 3.05) is 5.75 Å². The molecule has 0 unspecified atom stereocenters. The average molecular weight is 325 g/mol. The lowest BCUT2D eigenvalue weighted by Gasteiger charge is -2.12. The van der Waals surface area contributed by atoms with Gasteiger partial charge in [0.2, 0.25) is 5.91 Å². The monoisotopic (exact) mass is 324 g/mol. The van der Waals surface area contributed by atoms with Crippen LogP contribution in [-0.2, 0) is 17.6 Å². The van der Waals surface area contributed by atoms with Gasteiger partial charge < -0.3 is 9.88 Å². The highest BCUT2D eigenvalue weighted by Crippen LogP contribution is 2.20. The fourth-order valence-corrected chi connectivity index (χ4v) is 3.03. The molecule has 1 aromatic heterocycles. The van der Waals surface area contributed by atoms with Crippen molar-refractivity contribution < 1.29 is 4.79 Å². The molecule has 112 valence electrons. The van der Waals surface area contributed by atoms with Gasteiger partial charge in [0.1, 0.15) is 6.33 Å². The van der Waals surface area contributed by atoms with Gasteiger partial charge in [-0.05, 0) is 18.6 Å². The van der Waals surface area contributed by atoms with Gasteiger partial charge in [-0.3, -0.25) is 4.79 Å². The summed E-state index contributed by atoms with van der Waals surface area (Å²) in [6.07, 6.45) is 1.62. The van der Waals surface area contributed by atoms with Gasteiger partial charge in [-0.1, -0.05) is 29.8 Å². The molecular weight excluding hydrogens is 308 g/mol. The second-order valence-corrected chi connectivity index (χ2v) is 6.07. The van der Waals surface area contributed by atoms with Gasteiger partial charge in [0.15, 0.2) is 5.82 Å². The number of carbonyl (C=O) groups excluding carboxylic acids is 1. The minimum Gasteiger partial charge on any atom is -0.346 e. The molecule has 0 fully saturated rings. The maximum atomic E-state index is 11.9. The summed E-state index contributed by atoms with van der Waals surface area (Å²) in [6, 6.07) is 7.50. The summed E-state index contributed by atoms with van der Waals surface area (Å²) in [6.45, 7) is 1.89. The zero-order valence-electron chi connectivity index (χ0n) is 11.9. The molecular formula is C14H17ClN4OS. The number of thioether (sulfide) groups is 1. The molecule has 1 atom stereocenters. The van der Waals surface area contributed by atoms with Gasteiger partial charge >= 0.3 is 0 Å². The minimum absolute atomic E-state index is 0.0254. The van der Waals surface area contributed by atoms with Crippen molar-refractivity contribution in [3.8, 4) is 0 Å². The standard InChI is InChI=1S/C14H17ClN4OS/c1-10(14-18-16-9-19(14)2)17-13(20)8-21-7-11-5-3-4-6-12(11)15/h3-6,9-10H,7-8H2,1-2H3,(H,17,20)/t10-/m1/s1. The third-order valence-electron chi connectivity index (χ3n) is 2.96. The van der Waals surface area contributed by atoms with Crippen LogP contribution >= 0.6 is 23.4 Å². The van der Waals surface area contributed by atoms with Gasteiger partial charge in [0, 0.05) is 17.8 Å². The van der Waals surface area contributed by atoms with Gasteiger partial charge in [-0.2, -0.15) is 0 Å². The maximum Gasteiger partial charge on any atom is 0.230 e. The largest absolute Gasteiger partial charge is 0.346 e. The van der Waals surface area contributed by atoms with E-state index in [0.29, 0.717) is 11.5 Å². The first-order valence-corrected chi connectivity index (χ1v) is 8.05. The summed E-state index contributed by atoms with van der Waals surface area (Å²) in [5, 5.41) is 11.4. The molecule has 0 aliphatic carbocycles. The highest BCUT2D eigenvalue weighted by molar-refractivity contribution is 7.99. The first-order chi connectivity index (χ1) is 10.1. The molecule has 0 aliphatic rings. The Morgan fingerprint density at radius 1 is 1.48 bits per heavy atom. The number of hydrogen-bond donors (Lipinski definition) is 1. The van der Waals surface area contributed by atoms with Crippen molar-refractivity contribution in [1.82, 2.24) is 20.1 Å². The number of halogens is 1. The lowest BCUT2D eigenvalue weighted by Crippen LogP contribution is -2.29. The van der Waals surface area contributed by atoms with E-state index >= 15 is 0 Å². The van der Waals surface area contributed by atoms with E-state index in [9.17, 15) is 4.79 Å². The third kappa shape index (κ3) is 4.47. The molecule has 0 radical (unpaired) electrons. The SMILES string of the molecule is C[C@@H](NC(=O)CSCc1ccccc1Cl)c1nncn1C. The number of carbonyl (C=O) groups is 1. The lowest BCUT2D eigenvalue weighted by molar-refractivity contribution is -0.119. The molecule has 2 rings (SSSR count). The normalized spacial score (nSPS) is 12.1. The van der Waals surface area contributed by atoms with E-state index in [4.69, 9.17) is 11.6 Å². The summed E-state index contributed by atoms with van der Waals surface area (Å²) in [5.74, 6) is 1.81. The van der Waals surface area contributed by atoms with E-state index in [1.807, 2.05) is 38.2 Å². The Kier molecular flexibility index (Phi) is 5.64. The van der Waals surface area contributed by atoms with Crippen molar-refractivity contribution in [2.45, 2.75) is 18.7 Å². The van der Waals surface area contributed by atoms with E-state index in [1.54, 1.807) is 10.9 Å². The number of rotatable bonds is 6. The van der Waals surface area contributed by atoms with Crippen LogP contribution in [0, 0.1) is 0 Å². The van der Waals surface area contributed by atoms with Gasteiger partial charge in [0.25, 0.3) is 0 Å². The lowest BCUT2D eigenvalue weighted by atomic mass is 10.2. The molecule has 0 spiro atoms. The highest BCUT2D eigenvalue weighted by Gasteiger charge is 2.14. The van der Waals surface area contributed by atoms with Crippen molar-refractivity contribution in [2.24, 2.45) is 7.05 Å². The number of nitrogens with one attached hydrogen (secondary N) is 1. The molecule has 5 nitrogen and oxygen atoms in total.